The van der Waals surface area contributed by atoms with Gasteiger partial charge in [0.05, 0.1) is 5.69 Å². The van der Waals surface area contributed by atoms with Gasteiger partial charge in [-0.05, 0) is 42.4 Å². The van der Waals surface area contributed by atoms with Crippen LogP contribution < -0.4 is 0 Å². The molecule has 2 aromatic rings. The number of benzene rings is 1. The summed E-state index contributed by atoms with van der Waals surface area (Å²) >= 11 is 0. The van der Waals surface area contributed by atoms with Crippen molar-refractivity contribution < 1.29 is 0 Å². The molecule has 4 rings (SSSR count). The van der Waals surface area contributed by atoms with E-state index in [0.29, 0.717) is 0 Å². The zero-order chi connectivity index (χ0) is 14.2. The zero-order valence-corrected chi connectivity index (χ0v) is 12.8. The molecule has 1 heterocycles. The van der Waals surface area contributed by atoms with Crippen molar-refractivity contribution in [3.05, 3.63) is 52.2 Å². The van der Waals surface area contributed by atoms with Crippen molar-refractivity contribution in [1.82, 2.24) is 4.98 Å². The molecule has 0 radical (unpaired) electrons. The van der Waals surface area contributed by atoms with Crippen molar-refractivity contribution in [3.8, 4) is 11.3 Å². The van der Waals surface area contributed by atoms with Gasteiger partial charge < -0.3 is 4.98 Å². The lowest BCUT2D eigenvalue weighted by molar-refractivity contribution is 0.692. The third-order valence-electron chi connectivity index (χ3n) is 5.03. The third kappa shape index (κ3) is 2.16. The summed E-state index contributed by atoms with van der Waals surface area (Å²) in [5.41, 5.74) is 10.5. The molecule has 0 saturated carbocycles. The van der Waals surface area contributed by atoms with Crippen LogP contribution in [0, 0.1) is 0 Å². The lowest BCUT2D eigenvalue weighted by Crippen LogP contribution is -2.00. The maximum absolute atomic E-state index is 3.71. The summed E-state index contributed by atoms with van der Waals surface area (Å²) in [7, 11) is 0. The van der Waals surface area contributed by atoms with Crippen LogP contribution in [0.2, 0.25) is 0 Å². The molecule has 0 aliphatic heterocycles. The number of allylic oxidation sites excluding steroid dienone is 1. The van der Waals surface area contributed by atoms with Crippen LogP contribution in [0.15, 0.2) is 29.8 Å². The Morgan fingerprint density at radius 1 is 1.10 bits per heavy atom. The molecule has 108 valence electrons. The number of aryl methyl sites for hydroxylation is 1. The Balaban J connectivity index is 1.67. The van der Waals surface area contributed by atoms with Crippen molar-refractivity contribution in [2.75, 3.05) is 0 Å². The molecule has 1 N–H and O–H groups in total. The fourth-order valence-electron chi connectivity index (χ4n) is 3.87. The van der Waals surface area contributed by atoms with Gasteiger partial charge in [-0.3, -0.25) is 0 Å². The highest BCUT2D eigenvalue weighted by molar-refractivity contribution is 5.80. The van der Waals surface area contributed by atoms with Crippen LogP contribution in [0.25, 0.3) is 17.3 Å². The highest BCUT2D eigenvalue weighted by Crippen LogP contribution is 2.42. The Morgan fingerprint density at radius 3 is 2.90 bits per heavy atom. The number of H-pyrrole nitrogens is 1. The van der Waals surface area contributed by atoms with Gasteiger partial charge in [-0.1, -0.05) is 55.7 Å². The highest BCUT2D eigenvalue weighted by atomic mass is 14.8. The quantitative estimate of drug-likeness (QED) is 0.606. The molecular weight excluding hydrogens is 254 g/mol. The van der Waals surface area contributed by atoms with E-state index in [9.17, 15) is 0 Å². The van der Waals surface area contributed by atoms with Crippen LogP contribution in [-0.2, 0) is 12.8 Å². The van der Waals surface area contributed by atoms with Crippen LogP contribution in [0.1, 0.15) is 61.4 Å². The first-order chi connectivity index (χ1) is 10.4. The second kappa shape index (κ2) is 5.22. The Hall–Kier alpha value is -1.76. The molecule has 0 unspecified atom stereocenters. The van der Waals surface area contributed by atoms with Crippen molar-refractivity contribution in [2.45, 2.75) is 51.9 Å². The van der Waals surface area contributed by atoms with E-state index in [1.807, 2.05) is 0 Å². The van der Waals surface area contributed by atoms with Crippen LogP contribution >= 0.6 is 0 Å². The predicted octanol–water partition coefficient (Wildman–Crippen LogP) is 5.50. The molecule has 0 amide bonds. The van der Waals surface area contributed by atoms with E-state index in [0.717, 1.165) is 6.42 Å². The molecule has 2 aliphatic rings. The fourth-order valence-corrected chi connectivity index (χ4v) is 3.87. The first-order valence-electron chi connectivity index (χ1n) is 8.38. The van der Waals surface area contributed by atoms with Gasteiger partial charge in [0.1, 0.15) is 0 Å². The van der Waals surface area contributed by atoms with Gasteiger partial charge >= 0.3 is 0 Å². The topological polar surface area (TPSA) is 15.8 Å². The lowest BCUT2D eigenvalue weighted by atomic mass is 9.91. The number of fused-ring (bicyclic) bond motifs is 5. The molecule has 21 heavy (non-hydrogen) atoms. The van der Waals surface area contributed by atoms with Crippen molar-refractivity contribution in [2.24, 2.45) is 0 Å². The molecule has 0 spiro atoms. The minimum Gasteiger partial charge on any atom is -0.358 e. The average Bonchev–Trinajstić information content (AvgIpc) is 3.04. The zero-order valence-electron chi connectivity index (χ0n) is 12.8. The van der Waals surface area contributed by atoms with E-state index in [4.69, 9.17) is 0 Å². The lowest BCUT2D eigenvalue weighted by Gasteiger charge is -2.14. The first kappa shape index (κ1) is 12.9. The summed E-state index contributed by atoms with van der Waals surface area (Å²) in [6.07, 6.45) is 11.4. The van der Waals surface area contributed by atoms with Gasteiger partial charge in [0, 0.05) is 17.7 Å². The number of hydrogen-bond acceptors (Lipinski definition) is 0. The third-order valence-corrected chi connectivity index (χ3v) is 5.03. The number of nitrogens with one attached hydrogen (secondary N) is 1. The molecule has 1 nitrogen and oxygen atoms in total. The van der Waals surface area contributed by atoms with Crippen LogP contribution in [0.4, 0.5) is 0 Å². The SMILES string of the molecule is CCCCCC1=Cc2c([nH]c3c2Cc2ccccc2-3)CC1. The summed E-state index contributed by atoms with van der Waals surface area (Å²) in [4.78, 5) is 3.71. The highest BCUT2D eigenvalue weighted by Gasteiger charge is 2.26. The number of aromatic nitrogens is 1. The van der Waals surface area contributed by atoms with Gasteiger partial charge in [-0.2, -0.15) is 0 Å². The Kier molecular flexibility index (Phi) is 3.21. The summed E-state index contributed by atoms with van der Waals surface area (Å²) < 4.78 is 0. The number of aromatic amines is 1. The van der Waals surface area contributed by atoms with Gasteiger partial charge in [0.15, 0.2) is 0 Å². The molecule has 1 heteroatoms. The molecule has 0 atom stereocenters. The molecule has 0 fully saturated rings. The Labute approximate surface area is 127 Å². The van der Waals surface area contributed by atoms with Crippen molar-refractivity contribution in [1.29, 1.82) is 0 Å². The fraction of sp³-hybridized carbons (Fsp3) is 0.400. The van der Waals surface area contributed by atoms with E-state index in [1.165, 1.54) is 66.6 Å². The number of rotatable bonds is 4. The summed E-state index contributed by atoms with van der Waals surface area (Å²) in [5.74, 6) is 0. The largest absolute Gasteiger partial charge is 0.358 e. The van der Waals surface area contributed by atoms with E-state index >= 15 is 0 Å². The second-order valence-electron chi connectivity index (χ2n) is 6.46. The van der Waals surface area contributed by atoms with E-state index in [1.54, 1.807) is 11.1 Å². The second-order valence-corrected chi connectivity index (χ2v) is 6.46. The molecule has 0 saturated heterocycles. The Morgan fingerprint density at radius 2 is 2.00 bits per heavy atom. The molecule has 1 aromatic heterocycles. The standard InChI is InChI=1S/C20H23N/c1-2-3-4-7-14-10-11-19-17(12-14)18-13-15-8-5-6-9-16(15)20(18)21-19/h5-6,8-9,12,21H,2-4,7,10-11,13H2,1H3. The predicted molar refractivity (Wildman–Crippen MR) is 89.5 cm³/mol. The van der Waals surface area contributed by atoms with Gasteiger partial charge in [0.25, 0.3) is 0 Å². The monoisotopic (exact) mass is 277 g/mol. The van der Waals surface area contributed by atoms with Crippen LogP contribution in [-0.4, -0.2) is 4.98 Å². The van der Waals surface area contributed by atoms with Gasteiger partial charge in [0.2, 0.25) is 0 Å². The van der Waals surface area contributed by atoms with Gasteiger partial charge in [-0.15, -0.1) is 0 Å². The van der Waals surface area contributed by atoms with E-state index < -0.39 is 0 Å². The Bertz CT molecular complexity index is 703. The molecular formula is C20H23N. The van der Waals surface area contributed by atoms with Crippen molar-refractivity contribution in [3.63, 3.8) is 0 Å². The summed E-state index contributed by atoms with van der Waals surface area (Å²) in [6, 6.07) is 8.84. The van der Waals surface area contributed by atoms with Crippen LogP contribution in [0.3, 0.4) is 0 Å². The summed E-state index contributed by atoms with van der Waals surface area (Å²) in [6.45, 7) is 2.28. The van der Waals surface area contributed by atoms with Crippen LogP contribution in [0.5, 0.6) is 0 Å². The first-order valence-corrected chi connectivity index (χ1v) is 8.38. The van der Waals surface area contributed by atoms with E-state index in [-0.39, 0.29) is 0 Å². The molecule has 0 bridgehead atoms. The number of unbranched alkanes of at least 4 members (excludes halogenated alkanes) is 2. The number of hydrogen-bond donors (Lipinski definition) is 1. The molecule has 1 aromatic carbocycles. The minimum atomic E-state index is 1.11. The van der Waals surface area contributed by atoms with Gasteiger partial charge in [-0.25, -0.2) is 0 Å². The maximum Gasteiger partial charge on any atom is 0.0501 e. The van der Waals surface area contributed by atoms with Crippen molar-refractivity contribution >= 4 is 6.08 Å². The average molecular weight is 277 g/mol. The maximum atomic E-state index is 3.71. The van der Waals surface area contributed by atoms with E-state index in [2.05, 4.69) is 42.2 Å². The smallest absolute Gasteiger partial charge is 0.0501 e. The normalized spacial score (nSPS) is 15.4. The molecule has 2 aliphatic carbocycles. The summed E-state index contributed by atoms with van der Waals surface area (Å²) in [5, 5.41) is 0. The minimum absolute atomic E-state index is 1.11.